The first-order chi connectivity index (χ1) is 4.16. The Hall–Kier alpha value is -0.590. The topological polar surface area (TPSA) is 17.1 Å². The van der Waals surface area contributed by atoms with Crippen LogP contribution in [0.3, 0.4) is 0 Å². The fraction of sp³-hybridized carbons (Fsp3) is 0.625. The monoisotopic (exact) mass is 124 g/mol. The second-order valence-electron chi connectivity index (χ2n) is 3.20. The number of allylic oxidation sites excluding steroid dienone is 1. The summed E-state index contributed by atoms with van der Waals surface area (Å²) in [5, 5.41) is 0. The average molecular weight is 124 g/mol. The summed E-state index contributed by atoms with van der Waals surface area (Å²) in [6.45, 7) is 5.78. The summed E-state index contributed by atoms with van der Waals surface area (Å²) < 4.78 is 0. The fourth-order valence-electron chi connectivity index (χ4n) is 1.39. The molecule has 0 atom stereocenters. The standard InChI is InChI=1S/C8H12O/c1-3-4-8(2)5-7(9)6-8/h3H,1,4-6H2,2H3. The minimum Gasteiger partial charge on any atom is -0.300 e. The molecule has 1 nitrogen and oxygen atoms in total. The van der Waals surface area contributed by atoms with Gasteiger partial charge in [0.15, 0.2) is 0 Å². The van der Waals surface area contributed by atoms with E-state index in [-0.39, 0.29) is 5.41 Å². The number of ketones is 1. The van der Waals surface area contributed by atoms with Crippen molar-refractivity contribution in [3.05, 3.63) is 12.7 Å². The molecule has 0 aromatic rings. The maximum absolute atomic E-state index is 10.6. The number of carbonyl (C=O) groups excluding carboxylic acids is 1. The molecule has 0 aromatic carbocycles. The van der Waals surface area contributed by atoms with Crippen LogP contribution in [0.15, 0.2) is 12.7 Å². The first kappa shape index (κ1) is 6.53. The number of hydrogen-bond acceptors (Lipinski definition) is 1. The smallest absolute Gasteiger partial charge is 0.134 e. The summed E-state index contributed by atoms with van der Waals surface area (Å²) in [6, 6.07) is 0. The Labute approximate surface area is 55.8 Å². The van der Waals surface area contributed by atoms with Gasteiger partial charge in [-0.2, -0.15) is 0 Å². The Morgan fingerprint density at radius 2 is 2.33 bits per heavy atom. The van der Waals surface area contributed by atoms with Crippen molar-refractivity contribution >= 4 is 5.78 Å². The summed E-state index contributed by atoms with van der Waals surface area (Å²) in [5.74, 6) is 0.402. The number of hydrogen-bond donors (Lipinski definition) is 0. The zero-order valence-electron chi connectivity index (χ0n) is 5.81. The molecule has 9 heavy (non-hydrogen) atoms. The van der Waals surface area contributed by atoms with E-state index in [9.17, 15) is 4.79 Å². The van der Waals surface area contributed by atoms with Gasteiger partial charge in [-0.3, -0.25) is 4.79 Å². The van der Waals surface area contributed by atoms with Crippen molar-refractivity contribution in [2.24, 2.45) is 5.41 Å². The Kier molecular flexibility index (Phi) is 1.43. The van der Waals surface area contributed by atoms with Crippen LogP contribution in [0.5, 0.6) is 0 Å². The Morgan fingerprint density at radius 3 is 2.67 bits per heavy atom. The highest BCUT2D eigenvalue weighted by Gasteiger charge is 2.37. The van der Waals surface area contributed by atoms with E-state index in [1.807, 2.05) is 6.08 Å². The molecular weight excluding hydrogens is 112 g/mol. The van der Waals surface area contributed by atoms with Crippen molar-refractivity contribution in [2.75, 3.05) is 0 Å². The molecule has 0 saturated heterocycles. The SMILES string of the molecule is C=CCC1(C)CC(=O)C1. The van der Waals surface area contributed by atoms with E-state index in [0.29, 0.717) is 5.78 Å². The van der Waals surface area contributed by atoms with Gasteiger partial charge in [-0.05, 0) is 11.8 Å². The van der Waals surface area contributed by atoms with E-state index in [2.05, 4.69) is 13.5 Å². The summed E-state index contributed by atoms with van der Waals surface area (Å²) in [5.41, 5.74) is 0.277. The zero-order chi connectivity index (χ0) is 6.91. The van der Waals surface area contributed by atoms with Crippen molar-refractivity contribution in [1.82, 2.24) is 0 Å². The molecular formula is C8H12O. The third-order valence-electron chi connectivity index (χ3n) is 1.89. The van der Waals surface area contributed by atoms with Gasteiger partial charge in [0, 0.05) is 12.8 Å². The number of Topliss-reactive ketones (excluding diaryl/α,β-unsaturated/α-hetero) is 1. The van der Waals surface area contributed by atoms with Crippen molar-refractivity contribution in [1.29, 1.82) is 0 Å². The van der Waals surface area contributed by atoms with E-state index in [4.69, 9.17) is 0 Å². The minimum absolute atomic E-state index is 0.277. The molecule has 1 aliphatic carbocycles. The normalized spacial score (nSPS) is 23.0. The van der Waals surface area contributed by atoms with Gasteiger partial charge in [0.1, 0.15) is 5.78 Å². The molecule has 0 bridgehead atoms. The van der Waals surface area contributed by atoms with Crippen molar-refractivity contribution in [3.63, 3.8) is 0 Å². The maximum Gasteiger partial charge on any atom is 0.134 e. The molecule has 0 spiro atoms. The lowest BCUT2D eigenvalue weighted by Crippen LogP contribution is -2.33. The van der Waals surface area contributed by atoms with Gasteiger partial charge in [-0.1, -0.05) is 13.0 Å². The summed E-state index contributed by atoms with van der Waals surface area (Å²) in [7, 11) is 0. The van der Waals surface area contributed by atoms with Crippen molar-refractivity contribution in [2.45, 2.75) is 26.2 Å². The van der Waals surface area contributed by atoms with Crippen LogP contribution in [-0.2, 0) is 4.79 Å². The third-order valence-corrected chi connectivity index (χ3v) is 1.89. The minimum atomic E-state index is 0.277. The van der Waals surface area contributed by atoms with Gasteiger partial charge >= 0.3 is 0 Å². The largest absolute Gasteiger partial charge is 0.300 e. The van der Waals surface area contributed by atoms with Gasteiger partial charge in [0.05, 0.1) is 0 Å². The highest BCUT2D eigenvalue weighted by molar-refractivity contribution is 5.85. The lowest BCUT2D eigenvalue weighted by Gasteiger charge is -2.35. The lowest BCUT2D eigenvalue weighted by atomic mass is 9.67. The Balaban J connectivity index is 2.39. The van der Waals surface area contributed by atoms with Gasteiger partial charge in [-0.15, -0.1) is 6.58 Å². The van der Waals surface area contributed by atoms with Crippen LogP contribution in [0.4, 0.5) is 0 Å². The molecule has 0 aliphatic heterocycles. The summed E-state index contributed by atoms with van der Waals surface area (Å²) >= 11 is 0. The molecule has 50 valence electrons. The van der Waals surface area contributed by atoms with Crippen LogP contribution in [0.1, 0.15) is 26.2 Å². The highest BCUT2D eigenvalue weighted by atomic mass is 16.1. The Morgan fingerprint density at radius 1 is 1.78 bits per heavy atom. The molecule has 1 rings (SSSR count). The van der Waals surface area contributed by atoms with Gasteiger partial charge in [-0.25, -0.2) is 0 Å². The second kappa shape index (κ2) is 1.98. The first-order valence-electron chi connectivity index (χ1n) is 3.29. The molecule has 1 fully saturated rings. The van der Waals surface area contributed by atoms with Crippen LogP contribution in [0.2, 0.25) is 0 Å². The quantitative estimate of drug-likeness (QED) is 0.514. The number of rotatable bonds is 2. The van der Waals surface area contributed by atoms with E-state index in [0.717, 1.165) is 19.3 Å². The van der Waals surface area contributed by atoms with Crippen molar-refractivity contribution < 1.29 is 4.79 Å². The predicted molar refractivity (Wildman–Crippen MR) is 37.2 cm³/mol. The van der Waals surface area contributed by atoms with Gasteiger partial charge in [0.25, 0.3) is 0 Å². The molecule has 0 radical (unpaired) electrons. The molecule has 0 amide bonds. The predicted octanol–water partition coefficient (Wildman–Crippen LogP) is 1.93. The van der Waals surface area contributed by atoms with Gasteiger partial charge < -0.3 is 0 Å². The van der Waals surface area contributed by atoms with E-state index < -0.39 is 0 Å². The van der Waals surface area contributed by atoms with E-state index in [1.165, 1.54) is 0 Å². The molecule has 0 unspecified atom stereocenters. The molecule has 1 saturated carbocycles. The average Bonchev–Trinajstić information content (AvgIpc) is 1.62. The zero-order valence-corrected chi connectivity index (χ0v) is 5.81. The molecule has 0 aromatic heterocycles. The maximum atomic E-state index is 10.6. The van der Waals surface area contributed by atoms with Crippen molar-refractivity contribution in [3.8, 4) is 0 Å². The van der Waals surface area contributed by atoms with Crippen LogP contribution in [-0.4, -0.2) is 5.78 Å². The van der Waals surface area contributed by atoms with Gasteiger partial charge in [0.2, 0.25) is 0 Å². The van der Waals surface area contributed by atoms with E-state index >= 15 is 0 Å². The van der Waals surface area contributed by atoms with Crippen LogP contribution < -0.4 is 0 Å². The van der Waals surface area contributed by atoms with Crippen LogP contribution >= 0.6 is 0 Å². The summed E-state index contributed by atoms with van der Waals surface area (Å²) in [4.78, 5) is 10.6. The third kappa shape index (κ3) is 1.21. The number of carbonyl (C=O) groups is 1. The second-order valence-corrected chi connectivity index (χ2v) is 3.20. The van der Waals surface area contributed by atoms with Crippen LogP contribution in [0, 0.1) is 5.41 Å². The fourth-order valence-corrected chi connectivity index (χ4v) is 1.39. The molecule has 0 heterocycles. The Bertz CT molecular complexity index is 133. The summed E-state index contributed by atoms with van der Waals surface area (Å²) in [6.07, 6.45) is 4.41. The van der Waals surface area contributed by atoms with Crippen LogP contribution in [0.25, 0.3) is 0 Å². The van der Waals surface area contributed by atoms with E-state index in [1.54, 1.807) is 0 Å². The highest BCUT2D eigenvalue weighted by Crippen LogP contribution is 2.40. The first-order valence-corrected chi connectivity index (χ1v) is 3.29. The molecule has 0 N–H and O–H groups in total. The molecule has 1 heteroatoms. The lowest BCUT2D eigenvalue weighted by molar-refractivity contribution is -0.131. The molecule has 1 aliphatic rings.